The van der Waals surface area contributed by atoms with Crippen molar-refractivity contribution >= 4 is 17.4 Å². The first kappa shape index (κ1) is 15.3. The minimum absolute atomic E-state index is 0.180. The second-order valence-corrected chi connectivity index (χ2v) is 5.05. The van der Waals surface area contributed by atoms with Gasteiger partial charge in [-0.05, 0) is 33.3 Å². The molecule has 0 bridgehead atoms. The van der Waals surface area contributed by atoms with E-state index in [2.05, 4.69) is 11.5 Å². The number of carbonyl (C=O) groups excluding carboxylic acids is 1. The van der Waals surface area contributed by atoms with Crippen molar-refractivity contribution in [2.24, 2.45) is 0 Å². The summed E-state index contributed by atoms with van der Waals surface area (Å²) in [7, 11) is 1.69. The van der Waals surface area contributed by atoms with E-state index in [1.807, 2.05) is 19.9 Å². The van der Waals surface area contributed by atoms with Gasteiger partial charge in [0.25, 0.3) is 0 Å². The number of Topliss-reactive ketones (excluding diaryl/α,β-unsaturated/α-hetero) is 1. The average Bonchev–Trinajstić information content (AvgIpc) is 2.62. The summed E-state index contributed by atoms with van der Waals surface area (Å²) < 4.78 is 7.34. The maximum Gasteiger partial charge on any atom is 0.164 e. The number of hydrogen-bond acceptors (Lipinski definition) is 2. The van der Waals surface area contributed by atoms with Crippen molar-refractivity contribution in [1.82, 2.24) is 4.57 Å². The first-order valence-corrected chi connectivity index (χ1v) is 6.82. The number of hydrogen-bond donors (Lipinski definition) is 0. The lowest BCUT2D eigenvalue weighted by Gasteiger charge is -2.17. The molecule has 3 nitrogen and oxygen atoms in total. The van der Waals surface area contributed by atoms with Crippen LogP contribution in [0.25, 0.3) is 0 Å². The first-order chi connectivity index (χ1) is 8.52. The predicted molar refractivity (Wildman–Crippen MR) is 74.8 cm³/mol. The molecule has 0 radical (unpaired) electrons. The highest BCUT2D eigenvalue weighted by Crippen LogP contribution is 2.22. The topological polar surface area (TPSA) is 31.2 Å². The highest BCUT2D eigenvalue weighted by Gasteiger charge is 2.18. The van der Waals surface area contributed by atoms with Crippen molar-refractivity contribution in [3.63, 3.8) is 0 Å². The summed E-state index contributed by atoms with van der Waals surface area (Å²) in [6.45, 7) is 6.76. The Balaban J connectivity index is 2.96. The van der Waals surface area contributed by atoms with Crippen LogP contribution in [0, 0.1) is 13.8 Å². The van der Waals surface area contributed by atoms with Crippen LogP contribution in [0.5, 0.6) is 0 Å². The Labute approximate surface area is 114 Å². The number of aryl methyl sites for hydroxylation is 1. The second-order valence-electron chi connectivity index (χ2n) is 4.67. The van der Waals surface area contributed by atoms with Gasteiger partial charge in [-0.25, -0.2) is 0 Å². The Morgan fingerprint density at radius 3 is 2.72 bits per heavy atom. The molecule has 1 aromatic rings. The van der Waals surface area contributed by atoms with Crippen molar-refractivity contribution in [1.29, 1.82) is 0 Å². The molecule has 0 aliphatic rings. The molecule has 0 aliphatic carbocycles. The van der Waals surface area contributed by atoms with Crippen molar-refractivity contribution in [3.05, 3.63) is 23.0 Å². The van der Waals surface area contributed by atoms with Crippen molar-refractivity contribution in [2.45, 2.75) is 39.7 Å². The molecule has 1 atom stereocenters. The van der Waals surface area contributed by atoms with E-state index in [4.69, 9.17) is 16.3 Å². The van der Waals surface area contributed by atoms with E-state index in [1.54, 1.807) is 7.11 Å². The molecular formula is C14H22ClNO2. The summed E-state index contributed by atoms with van der Waals surface area (Å²) in [6, 6.07) is 2.21. The van der Waals surface area contributed by atoms with E-state index in [1.165, 1.54) is 0 Å². The zero-order chi connectivity index (χ0) is 13.7. The number of rotatable bonds is 7. The fraction of sp³-hybridized carbons (Fsp3) is 0.643. The Morgan fingerprint density at radius 1 is 1.50 bits per heavy atom. The van der Waals surface area contributed by atoms with Crippen molar-refractivity contribution in [2.75, 3.05) is 19.6 Å². The quantitative estimate of drug-likeness (QED) is 0.561. The molecule has 0 aliphatic heterocycles. The zero-order valence-electron chi connectivity index (χ0n) is 11.6. The molecule has 1 heterocycles. The first-order valence-electron chi connectivity index (χ1n) is 6.29. The minimum Gasteiger partial charge on any atom is -0.383 e. The molecule has 1 rings (SSSR count). The number of ether oxygens (including phenoxy) is 1. The minimum atomic E-state index is 0.180. The van der Waals surface area contributed by atoms with Gasteiger partial charge in [0.15, 0.2) is 5.78 Å². The Kier molecular flexibility index (Phi) is 5.89. The van der Waals surface area contributed by atoms with Crippen LogP contribution in [-0.4, -0.2) is 29.9 Å². The monoisotopic (exact) mass is 271 g/mol. The summed E-state index contributed by atoms with van der Waals surface area (Å²) in [5.74, 6) is 0.712. The Bertz CT molecular complexity index is 412. The Morgan fingerprint density at radius 2 is 2.17 bits per heavy atom. The lowest BCUT2D eigenvalue weighted by molar-refractivity contribution is 0.0981. The molecule has 0 saturated heterocycles. The molecule has 102 valence electrons. The van der Waals surface area contributed by atoms with Crippen molar-refractivity contribution in [3.8, 4) is 0 Å². The number of aromatic nitrogens is 1. The standard InChI is InChI=1S/C14H22ClNO2/c1-10-8-13(14(17)6-5-7-15)12(3)16(10)11(2)9-18-4/h8,11H,5-7,9H2,1-4H3. The van der Waals surface area contributed by atoms with Crippen LogP contribution >= 0.6 is 11.6 Å². The largest absolute Gasteiger partial charge is 0.383 e. The molecule has 0 amide bonds. The number of alkyl halides is 1. The van der Waals surface area contributed by atoms with E-state index in [0.29, 0.717) is 18.9 Å². The molecule has 1 unspecified atom stereocenters. The average molecular weight is 272 g/mol. The highest BCUT2D eigenvalue weighted by atomic mass is 35.5. The molecule has 0 N–H and O–H groups in total. The second kappa shape index (κ2) is 6.95. The lowest BCUT2D eigenvalue weighted by Crippen LogP contribution is -2.14. The number of methoxy groups -OCH3 is 1. The van der Waals surface area contributed by atoms with E-state index < -0.39 is 0 Å². The predicted octanol–water partition coefficient (Wildman–Crippen LogP) is 3.51. The third-order valence-electron chi connectivity index (χ3n) is 3.17. The smallest absolute Gasteiger partial charge is 0.164 e. The van der Waals surface area contributed by atoms with Crippen LogP contribution in [0.15, 0.2) is 6.07 Å². The van der Waals surface area contributed by atoms with Gasteiger partial charge in [0.05, 0.1) is 12.6 Å². The van der Waals surface area contributed by atoms with Gasteiger partial charge < -0.3 is 9.30 Å². The number of nitrogens with zero attached hydrogens (tertiary/aromatic N) is 1. The molecule has 4 heteroatoms. The zero-order valence-corrected chi connectivity index (χ0v) is 12.4. The molecule has 0 aromatic carbocycles. The van der Waals surface area contributed by atoms with E-state index in [-0.39, 0.29) is 11.8 Å². The third-order valence-corrected chi connectivity index (χ3v) is 3.44. The SMILES string of the molecule is COCC(C)n1c(C)cc(C(=O)CCCCl)c1C. The van der Waals surface area contributed by atoms with E-state index in [9.17, 15) is 4.79 Å². The summed E-state index contributed by atoms with van der Waals surface area (Å²) in [6.07, 6.45) is 1.25. The van der Waals surface area contributed by atoms with Crippen LogP contribution in [0.1, 0.15) is 47.6 Å². The van der Waals surface area contributed by atoms with E-state index >= 15 is 0 Å². The molecular weight excluding hydrogens is 250 g/mol. The Hall–Kier alpha value is -0.800. The fourth-order valence-electron chi connectivity index (χ4n) is 2.42. The van der Waals surface area contributed by atoms with Gasteiger partial charge in [-0.1, -0.05) is 0 Å². The van der Waals surface area contributed by atoms with Gasteiger partial charge in [-0.3, -0.25) is 4.79 Å². The van der Waals surface area contributed by atoms with Crippen LogP contribution in [0.3, 0.4) is 0 Å². The van der Waals surface area contributed by atoms with Gasteiger partial charge >= 0.3 is 0 Å². The van der Waals surface area contributed by atoms with Gasteiger partial charge in [-0.2, -0.15) is 0 Å². The summed E-state index contributed by atoms with van der Waals surface area (Å²) in [5, 5.41) is 0. The summed E-state index contributed by atoms with van der Waals surface area (Å²) in [5.41, 5.74) is 2.95. The molecule has 0 spiro atoms. The van der Waals surface area contributed by atoms with Gasteiger partial charge in [-0.15, -0.1) is 11.6 Å². The summed E-state index contributed by atoms with van der Waals surface area (Å²) >= 11 is 5.63. The normalized spacial score (nSPS) is 12.7. The van der Waals surface area contributed by atoms with Gasteiger partial charge in [0, 0.05) is 36.4 Å². The maximum absolute atomic E-state index is 12.1. The highest BCUT2D eigenvalue weighted by molar-refractivity contribution is 6.18. The van der Waals surface area contributed by atoms with Crippen molar-refractivity contribution < 1.29 is 9.53 Å². The summed E-state index contributed by atoms with van der Waals surface area (Å²) in [4.78, 5) is 12.1. The van der Waals surface area contributed by atoms with Gasteiger partial charge in [0.1, 0.15) is 0 Å². The van der Waals surface area contributed by atoms with E-state index in [0.717, 1.165) is 23.4 Å². The molecule has 1 aromatic heterocycles. The number of halogens is 1. The van der Waals surface area contributed by atoms with Gasteiger partial charge in [0.2, 0.25) is 0 Å². The molecule has 0 fully saturated rings. The fourth-order valence-corrected chi connectivity index (χ4v) is 2.55. The molecule has 0 saturated carbocycles. The van der Waals surface area contributed by atoms with Crippen LogP contribution in [-0.2, 0) is 4.74 Å². The van der Waals surface area contributed by atoms with Crippen LogP contribution in [0.2, 0.25) is 0 Å². The number of ketones is 1. The van der Waals surface area contributed by atoms with Crippen LogP contribution < -0.4 is 0 Å². The number of carbonyl (C=O) groups is 1. The maximum atomic E-state index is 12.1. The molecule has 18 heavy (non-hydrogen) atoms. The van der Waals surface area contributed by atoms with Crippen LogP contribution in [0.4, 0.5) is 0 Å². The third kappa shape index (κ3) is 3.36. The lowest BCUT2D eigenvalue weighted by atomic mass is 10.1.